The van der Waals surface area contributed by atoms with Crippen LogP contribution in [0.15, 0.2) is 17.0 Å². The maximum absolute atomic E-state index is 12.2. The number of sulfonamides is 1. The average Bonchev–Trinajstić information content (AvgIpc) is 2.43. The SMILES string of the molecule is COc1cc(OC)c(S(=O)(=O)NCCN)c(OC)c1.Cl. The second kappa shape index (κ2) is 8.15. The molecule has 1 rings (SSSR count). The largest absolute Gasteiger partial charge is 0.496 e. The highest BCUT2D eigenvalue weighted by molar-refractivity contribution is 7.89. The van der Waals surface area contributed by atoms with Crippen LogP contribution in [0.2, 0.25) is 0 Å². The van der Waals surface area contributed by atoms with Gasteiger partial charge in [0.05, 0.1) is 21.3 Å². The first kappa shape index (κ1) is 18.8. The summed E-state index contributed by atoms with van der Waals surface area (Å²) in [6.07, 6.45) is 0. The van der Waals surface area contributed by atoms with Crippen LogP contribution in [0.1, 0.15) is 0 Å². The van der Waals surface area contributed by atoms with E-state index < -0.39 is 10.0 Å². The molecule has 0 unspecified atom stereocenters. The Morgan fingerprint density at radius 1 is 1.10 bits per heavy atom. The first-order valence-electron chi connectivity index (χ1n) is 5.50. The van der Waals surface area contributed by atoms with Gasteiger partial charge in [0, 0.05) is 25.2 Å². The van der Waals surface area contributed by atoms with Crippen molar-refractivity contribution in [3.63, 3.8) is 0 Å². The molecule has 0 bridgehead atoms. The van der Waals surface area contributed by atoms with Crippen LogP contribution in [0.4, 0.5) is 0 Å². The number of halogens is 1. The second-order valence-corrected chi connectivity index (χ2v) is 5.25. The van der Waals surface area contributed by atoms with Crippen molar-refractivity contribution < 1.29 is 22.6 Å². The summed E-state index contributed by atoms with van der Waals surface area (Å²) in [5, 5.41) is 0. The Bertz CT molecular complexity index is 511. The van der Waals surface area contributed by atoms with E-state index in [1.807, 2.05) is 0 Å². The van der Waals surface area contributed by atoms with Gasteiger partial charge in [0.15, 0.2) is 4.90 Å². The molecule has 0 saturated heterocycles. The number of hydrogen-bond acceptors (Lipinski definition) is 6. The van der Waals surface area contributed by atoms with Gasteiger partial charge in [-0.05, 0) is 0 Å². The van der Waals surface area contributed by atoms with Crippen molar-refractivity contribution in [2.24, 2.45) is 5.73 Å². The number of nitrogens with one attached hydrogen (secondary N) is 1. The highest BCUT2D eigenvalue weighted by Crippen LogP contribution is 2.37. The van der Waals surface area contributed by atoms with Crippen molar-refractivity contribution in [3.05, 3.63) is 12.1 Å². The number of nitrogens with two attached hydrogens (primary N) is 1. The molecular formula is C11H19ClN2O5S. The molecular weight excluding hydrogens is 308 g/mol. The zero-order valence-electron chi connectivity index (χ0n) is 11.5. The predicted octanol–water partition coefficient (Wildman–Crippen LogP) is 0.371. The van der Waals surface area contributed by atoms with Gasteiger partial charge in [0.2, 0.25) is 10.0 Å². The summed E-state index contributed by atoms with van der Waals surface area (Å²) in [6, 6.07) is 2.94. The molecule has 0 spiro atoms. The molecule has 20 heavy (non-hydrogen) atoms. The molecule has 7 nitrogen and oxygen atoms in total. The van der Waals surface area contributed by atoms with Gasteiger partial charge in [0.1, 0.15) is 17.2 Å². The van der Waals surface area contributed by atoms with Crippen LogP contribution in [0.5, 0.6) is 17.2 Å². The maximum atomic E-state index is 12.2. The molecule has 9 heteroatoms. The average molecular weight is 327 g/mol. The lowest BCUT2D eigenvalue weighted by Crippen LogP contribution is -2.29. The van der Waals surface area contributed by atoms with Crippen LogP contribution in [-0.4, -0.2) is 42.8 Å². The van der Waals surface area contributed by atoms with Crippen LogP contribution < -0.4 is 24.7 Å². The molecule has 0 saturated carbocycles. The Labute approximate surface area is 124 Å². The molecule has 0 aliphatic heterocycles. The second-order valence-electron chi connectivity index (χ2n) is 3.55. The minimum absolute atomic E-state index is 0. The van der Waals surface area contributed by atoms with E-state index in [1.165, 1.54) is 33.5 Å². The van der Waals surface area contributed by atoms with Gasteiger partial charge >= 0.3 is 0 Å². The molecule has 0 amide bonds. The minimum atomic E-state index is -3.77. The third kappa shape index (κ3) is 4.14. The quantitative estimate of drug-likeness (QED) is 0.751. The van der Waals surface area contributed by atoms with E-state index in [0.29, 0.717) is 5.75 Å². The number of rotatable bonds is 7. The van der Waals surface area contributed by atoms with Crippen molar-refractivity contribution in [1.29, 1.82) is 0 Å². The molecule has 1 aromatic carbocycles. The summed E-state index contributed by atoms with van der Waals surface area (Å²) in [5.41, 5.74) is 5.29. The Balaban J connectivity index is 0.00000361. The number of methoxy groups -OCH3 is 3. The highest BCUT2D eigenvalue weighted by atomic mass is 35.5. The number of benzene rings is 1. The molecule has 116 valence electrons. The standard InChI is InChI=1S/C11H18N2O5S.ClH/c1-16-8-6-9(17-2)11(10(7-8)18-3)19(14,15)13-5-4-12;/h6-7,13H,4-5,12H2,1-3H3;1H. The fourth-order valence-electron chi connectivity index (χ4n) is 1.50. The summed E-state index contributed by atoms with van der Waals surface area (Å²) in [5.74, 6) is 0.716. The maximum Gasteiger partial charge on any atom is 0.248 e. The molecule has 0 heterocycles. The Hall–Kier alpha value is -1.22. The van der Waals surface area contributed by atoms with Crippen LogP contribution in [-0.2, 0) is 10.0 Å². The summed E-state index contributed by atoms with van der Waals surface area (Å²) in [7, 11) is 0.441. The number of hydrogen-bond donors (Lipinski definition) is 2. The van der Waals surface area contributed by atoms with E-state index in [9.17, 15) is 8.42 Å². The van der Waals surface area contributed by atoms with Gasteiger partial charge in [-0.2, -0.15) is 0 Å². The summed E-state index contributed by atoms with van der Waals surface area (Å²) < 4.78 is 41.9. The molecule has 0 atom stereocenters. The Kier molecular flexibility index (Phi) is 7.66. The molecule has 0 radical (unpaired) electrons. The molecule has 0 aliphatic rings. The smallest absolute Gasteiger partial charge is 0.248 e. The summed E-state index contributed by atoms with van der Waals surface area (Å²) in [6.45, 7) is 0.320. The van der Waals surface area contributed by atoms with Gasteiger partial charge in [-0.25, -0.2) is 13.1 Å². The van der Waals surface area contributed by atoms with Crippen molar-refractivity contribution in [1.82, 2.24) is 4.72 Å². The van der Waals surface area contributed by atoms with Crippen molar-refractivity contribution in [2.75, 3.05) is 34.4 Å². The zero-order valence-corrected chi connectivity index (χ0v) is 13.1. The van der Waals surface area contributed by atoms with Gasteiger partial charge in [-0.1, -0.05) is 0 Å². The topological polar surface area (TPSA) is 99.9 Å². The van der Waals surface area contributed by atoms with E-state index in [1.54, 1.807) is 0 Å². The molecule has 1 aromatic rings. The van der Waals surface area contributed by atoms with Crippen molar-refractivity contribution in [3.8, 4) is 17.2 Å². The normalized spacial score (nSPS) is 10.6. The van der Waals surface area contributed by atoms with Crippen LogP contribution in [0.3, 0.4) is 0 Å². The lowest BCUT2D eigenvalue weighted by molar-refractivity contribution is 0.359. The molecule has 0 aliphatic carbocycles. The third-order valence-corrected chi connectivity index (χ3v) is 3.90. The fourth-order valence-corrected chi connectivity index (χ4v) is 2.85. The molecule has 3 N–H and O–H groups in total. The summed E-state index contributed by atoms with van der Waals surface area (Å²) in [4.78, 5) is -0.0771. The van der Waals surface area contributed by atoms with Gasteiger partial charge in [-0.15, -0.1) is 12.4 Å². The van der Waals surface area contributed by atoms with E-state index in [4.69, 9.17) is 19.9 Å². The lowest BCUT2D eigenvalue weighted by Gasteiger charge is -2.15. The molecule has 0 fully saturated rings. The summed E-state index contributed by atoms with van der Waals surface area (Å²) >= 11 is 0. The minimum Gasteiger partial charge on any atom is -0.496 e. The van der Waals surface area contributed by atoms with Gasteiger partial charge < -0.3 is 19.9 Å². The van der Waals surface area contributed by atoms with Crippen LogP contribution >= 0.6 is 12.4 Å². The van der Waals surface area contributed by atoms with E-state index in [0.717, 1.165) is 0 Å². The molecule has 0 aromatic heterocycles. The predicted molar refractivity (Wildman–Crippen MR) is 77.6 cm³/mol. The monoisotopic (exact) mass is 326 g/mol. The highest BCUT2D eigenvalue weighted by Gasteiger charge is 2.25. The Morgan fingerprint density at radius 2 is 1.60 bits per heavy atom. The van der Waals surface area contributed by atoms with Crippen molar-refractivity contribution >= 4 is 22.4 Å². The van der Waals surface area contributed by atoms with E-state index in [2.05, 4.69) is 4.72 Å². The van der Waals surface area contributed by atoms with Crippen molar-refractivity contribution in [2.45, 2.75) is 4.90 Å². The van der Waals surface area contributed by atoms with E-state index in [-0.39, 0.29) is 41.9 Å². The first-order chi connectivity index (χ1) is 9.00. The lowest BCUT2D eigenvalue weighted by atomic mass is 10.3. The third-order valence-electron chi connectivity index (χ3n) is 2.37. The Morgan fingerprint density at radius 3 is 1.95 bits per heavy atom. The van der Waals surface area contributed by atoms with Crippen LogP contribution in [0.25, 0.3) is 0 Å². The van der Waals surface area contributed by atoms with E-state index >= 15 is 0 Å². The number of ether oxygens (including phenoxy) is 3. The van der Waals surface area contributed by atoms with Gasteiger partial charge in [0.25, 0.3) is 0 Å². The van der Waals surface area contributed by atoms with Crippen LogP contribution in [0, 0.1) is 0 Å². The first-order valence-corrected chi connectivity index (χ1v) is 6.98. The van der Waals surface area contributed by atoms with Gasteiger partial charge in [-0.3, -0.25) is 0 Å². The zero-order chi connectivity index (χ0) is 14.5. The fraction of sp³-hybridized carbons (Fsp3) is 0.455.